The number of hydrogen-bond acceptors (Lipinski definition) is 8. The van der Waals surface area contributed by atoms with Crippen LogP contribution in [0.2, 0.25) is 0 Å². The summed E-state index contributed by atoms with van der Waals surface area (Å²) < 4.78 is 10.2. The highest BCUT2D eigenvalue weighted by Crippen LogP contribution is 2.07. The SMILES string of the molecule is O=C(O)CN(CCOCCOCC[N+](CCO)(CC(=O)O)CC(=O)O)CC(=O)O. The zero-order valence-corrected chi connectivity index (χ0v) is 16.1. The predicted molar refractivity (Wildman–Crippen MR) is 95.4 cm³/mol. The smallest absolute Gasteiger partial charge is 0.359 e. The lowest BCUT2D eigenvalue weighted by molar-refractivity contribution is -0.915. The lowest BCUT2D eigenvalue weighted by atomic mass is 10.3. The molecule has 0 bridgehead atoms. The van der Waals surface area contributed by atoms with E-state index in [-0.39, 0.29) is 57.2 Å². The van der Waals surface area contributed by atoms with Crippen molar-refractivity contribution in [2.24, 2.45) is 0 Å². The molecule has 29 heavy (non-hydrogen) atoms. The molecule has 0 spiro atoms. The summed E-state index contributed by atoms with van der Waals surface area (Å²) in [6.07, 6.45) is 0. The second kappa shape index (κ2) is 14.6. The van der Waals surface area contributed by atoms with Crippen molar-refractivity contribution >= 4 is 23.9 Å². The number of aliphatic hydroxyl groups is 1. The van der Waals surface area contributed by atoms with Crippen LogP contribution in [0, 0.1) is 0 Å². The lowest BCUT2D eigenvalue weighted by Gasteiger charge is -2.35. The Balaban J connectivity index is 4.23. The Morgan fingerprint density at radius 3 is 1.59 bits per heavy atom. The number of carboxylic acids is 4. The van der Waals surface area contributed by atoms with Gasteiger partial charge in [0.15, 0.2) is 13.1 Å². The summed E-state index contributed by atoms with van der Waals surface area (Å²) in [5.41, 5.74) is 0. The first-order chi connectivity index (χ1) is 13.6. The van der Waals surface area contributed by atoms with E-state index in [0.717, 1.165) is 0 Å². The van der Waals surface area contributed by atoms with Gasteiger partial charge in [0.05, 0.1) is 46.1 Å². The Bertz CT molecular complexity index is 509. The zero-order valence-electron chi connectivity index (χ0n) is 16.1. The molecule has 0 aliphatic heterocycles. The maximum atomic E-state index is 11.0. The Labute approximate surface area is 167 Å². The predicted octanol–water partition coefficient (Wildman–Crippen LogP) is -2.53. The van der Waals surface area contributed by atoms with Gasteiger partial charge in [-0.1, -0.05) is 0 Å². The molecule has 0 saturated heterocycles. The van der Waals surface area contributed by atoms with Crippen LogP contribution in [0.4, 0.5) is 0 Å². The van der Waals surface area contributed by atoms with E-state index in [9.17, 15) is 19.2 Å². The highest BCUT2D eigenvalue weighted by atomic mass is 16.5. The van der Waals surface area contributed by atoms with E-state index in [4.69, 9.17) is 35.0 Å². The normalized spacial score (nSPS) is 11.5. The van der Waals surface area contributed by atoms with Gasteiger partial charge in [0.25, 0.3) is 0 Å². The molecule has 0 amide bonds. The van der Waals surface area contributed by atoms with Gasteiger partial charge in [0.1, 0.15) is 13.1 Å². The standard InChI is InChI=1S/C16H28N2O11/c19-4-2-18(11-15(24)25,12-16(26)27)3-6-29-8-7-28-5-1-17(9-13(20)21)10-14(22)23/h19H,1-12H2,(H3-,20,21,22,23,24,25,26,27)/p+1. The fourth-order valence-electron chi connectivity index (χ4n) is 2.64. The van der Waals surface area contributed by atoms with Gasteiger partial charge in [0.2, 0.25) is 0 Å². The first-order valence-electron chi connectivity index (χ1n) is 8.81. The molecule has 0 radical (unpaired) electrons. The van der Waals surface area contributed by atoms with Crippen LogP contribution >= 0.6 is 0 Å². The summed E-state index contributed by atoms with van der Waals surface area (Å²) in [4.78, 5) is 44.6. The number of nitrogens with zero attached hydrogens (tertiary/aromatic N) is 2. The van der Waals surface area contributed by atoms with Crippen LogP contribution in [0.15, 0.2) is 0 Å². The fourth-order valence-corrected chi connectivity index (χ4v) is 2.64. The van der Waals surface area contributed by atoms with Crippen LogP contribution in [0.1, 0.15) is 0 Å². The minimum atomic E-state index is -1.18. The third-order valence-corrected chi connectivity index (χ3v) is 3.87. The summed E-state index contributed by atoms with van der Waals surface area (Å²) in [7, 11) is 0. The second-order valence-electron chi connectivity index (χ2n) is 6.34. The fraction of sp³-hybridized carbons (Fsp3) is 0.750. The number of ether oxygens (including phenoxy) is 2. The maximum Gasteiger partial charge on any atom is 0.359 e. The molecule has 13 nitrogen and oxygen atoms in total. The molecule has 0 aromatic rings. The molecule has 0 atom stereocenters. The summed E-state index contributed by atoms with van der Waals surface area (Å²) >= 11 is 0. The first-order valence-corrected chi connectivity index (χ1v) is 8.81. The number of carboxylic acid groups (broad SMARTS) is 4. The van der Waals surface area contributed by atoms with Gasteiger partial charge in [-0.25, -0.2) is 9.59 Å². The minimum absolute atomic E-state index is 0.0402. The second-order valence-corrected chi connectivity index (χ2v) is 6.34. The Morgan fingerprint density at radius 2 is 1.17 bits per heavy atom. The molecule has 0 aromatic carbocycles. The van der Waals surface area contributed by atoms with Crippen LogP contribution in [0.3, 0.4) is 0 Å². The van der Waals surface area contributed by atoms with Crippen LogP contribution < -0.4 is 0 Å². The first kappa shape index (κ1) is 26.7. The summed E-state index contributed by atoms with van der Waals surface area (Å²) in [5, 5.41) is 44.6. The molecule has 0 heterocycles. The van der Waals surface area contributed by atoms with E-state index in [0.29, 0.717) is 0 Å². The van der Waals surface area contributed by atoms with Crippen molar-refractivity contribution in [2.75, 3.05) is 78.8 Å². The van der Waals surface area contributed by atoms with Gasteiger partial charge >= 0.3 is 23.9 Å². The lowest BCUT2D eigenvalue weighted by Crippen LogP contribution is -2.57. The Kier molecular flexibility index (Phi) is 13.5. The average molecular weight is 425 g/mol. The van der Waals surface area contributed by atoms with Gasteiger partial charge < -0.3 is 39.5 Å². The van der Waals surface area contributed by atoms with Crippen molar-refractivity contribution in [3.8, 4) is 0 Å². The van der Waals surface area contributed by atoms with Crippen LogP contribution in [0.5, 0.6) is 0 Å². The zero-order chi connectivity index (χ0) is 22.3. The van der Waals surface area contributed by atoms with Crippen molar-refractivity contribution < 1.29 is 58.7 Å². The molecule has 0 fully saturated rings. The van der Waals surface area contributed by atoms with Crippen LogP contribution in [-0.4, -0.2) is 138 Å². The topological polar surface area (TPSA) is 191 Å². The number of aliphatic hydroxyl groups excluding tert-OH is 1. The quantitative estimate of drug-likeness (QED) is 0.108. The number of rotatable bonds is 19. The van der Waals surface area contributed by atoms with Crippen molar-refractivity contribution in [1.29, 1.82) is 0 Å². The van der Waals surface area contributed by atoms with Crippen molar-refractivity contribution in [3.63, 3.8) is 0 Å². The van der Waals surface area contributed by atoms with Gasteiger partial charge in [-0.2, -0.15) is 0 Å². The molecule has 5 N–H and O–H groups in total. The minimum Gasteiger partial charge on any atom is -0.480 e. The van der Waals surface area contributed by atoms with Gasteiger partial charge in [0, 0.05) is 6.54 Å². The molecule has 0 unspecified atom stereocenters. The average Bonchev–Trinajstić information content (AvgIpc) is 2.54. The molecule has 0 rings (SSSR count). The van der Waals surface area contributed by atoms with Crippen molar-refractivity contribution in [1.82, 2.24) is 4.90 Å². The number of quaternary nitrogens is 1. The summed E-state index contributed by atoms with van der Waals surface area (Å²) in [5.74, 6) is -4.67. The largest absolute Gasteiger partial charge is 0.480 e. The molecular weight excluding hydrogens is 396 g/mol. The molecule has 0 aliphatic rings. The molecule has 0 saturated carbocycles. The maximum absolute atomic E-state index is 11.0. The van der Waals surface area contributed by atoms with E-state index in [1.807, 2.05) is 0 Å². The van der Waals surface area contributed by atoms with Gasteiger partial charge in [-0.3, -0.25) is 14.5 Å². The summed E-state index contributed by atoms with van der Waals surface area (Å²) in [6, 6.07) is 0. The third-order valence-electron chi connectivity index (χ3n) is 3.87. The number of hydrogen-bond donors (Lipinski definition) is 5. The van der Waals surface area contributed by atoms with Crippen molar-refractivity contribution in [3.05, 3.63) is 0 Å². The van der Waals surface area contributed by atoms with E-state index >= 15 is 0 Å². The van der Waals surface area contributed by atoms with Crippen LogP contribution in [-0.2, 0) is 28.7 Å². The van der Waals surface area contributed by atoms with E-state index in [1.165, 1.54) is 4.90 Å². The molecule has 0 aliphatic carbocycles. The highest BCUT2D eigenvalue weighted by Gasteiger charge is 2.32. The monoisotopic (exact) mass is 425 g/mol. The molecular formula is C16H29N2O11+. The third kappa shape index (κ3) is 14.3. The van der Waals surface area contributed by atoms with Crippen LogP contribution in [0.25, 0.3) is 0 Å². The Morgan fingerprint density at radius 1 is 0.690 bits per heavy atom. The molecule has 13 heteroatoms. The number of aliphatic carboxylic acids is 4. The Hall–Kier alpha value is -2.32. The molecule has 168 valence electrons. The van der Waals surface area contributed by atoms with E-state index in [1.54, 1.807) is 0 Å². The van der Waals surface area contributed by atoms with Crippen molar-refractivity contribution in [2.45, 2.75) is 0 Å². The van der Waals surface area contributed by atoms with Gasteiger partial charge in [-0.05, 0) is 0 Å². The van der Waals surface area contributed by atoms with E-state index < -0.39 is 50.1 Å². The van der Waals surface area contributed by atoms with E-state index in [2.05, 4.69) is 0 Å². The molecule has 0 aromatic heterocycles. The highest BCUT2D eigenvalue weighted by molar-refractivity contribution is 5.72. The van der Waals surface area contributed by atoms with Gasteiger partial charge in [-0.15, -0.1) is 0 Å². The summed E-state index contributed by atoms with van der Waals surface area (Å²) in [6.45, 7) is -1.62. The number of carbonyl (C=O) groups is 4.